The number of hydrogen-bond donors (Lipinski definition) is 2. The Hall–Kier alpha value is -5.77. The van der Waals surface area contributed by atoms with E-state index >= 15 is 0 Å². The summed E-state index contributed by atoms with van der Waals surface area (Å²) in [6.45, 7) is 7.29. The van der Waals surface area contributed by atoms with Crippen molar-refractivity contribution in [2.75, 3.05) is 45.9 Å². The van der Waals surface area contributed by atoms with Crippen LogP contribution in [-0.4, -0.2) is 114 Å². The molecule has 7 amide bonds. The maximum absolute atomic E-state index is 14.2. The number of benzene rings is 2. The molecule has 4 unspecified atom stereocenters. The summed E-state index contributed by atoms with van der Waals surface area (Å²) in [5.41, 5.74) is 0.0616. The Morgan fingerprint density at radius 3 is 2.05 bits per heavy atom. The SMILES string of the molecule is C.CCC(C)(C(=O)NCCCNC(=O)c1ccc(C(=O)c2ccccc2)cc1)C1C(=O)N(CCCCCC(=O)ON2C(=O)CCC2=O)C(=O)C1CC(C)C(=O)N1CCOCC1. The second-order valence-corrected chi connectivity index (χ2v) is 15.8. The van der Waals surface area contributed by atoms with Gasteiger partial charge in [-0.1, -0.05) is 70.2 Å². The number of morpholine rings is 1. The van der Waals surface area contributed by atoms with E-state index in [-0.39, 0.29) is 76.8 Å². The average Bonchev–Trinajstić information content (AvgIpc) is 3.70. The second kappa shape index (κ2) is 22.2. The van der Waals surface area contributed by atoms with Crippen molar-refractivity contribution in [1.29, 1.82) is 0 Å². The minimum Gasteiger partial charge on any atom is -0.378 e. The number of hydroxylamine groups is 2. The molecular formula is C45H59N5O11. The van der Waals surface area contributed by atoms with Crippen molar-refractivity contribution in [3.05, 3.63) is 71.3 Å². The standard InChI is InChI=1S/C44H55N5O11.CH4/c1-4-44(3,43(58)46-22-11-21-45-39(54)32-17-15-31(16-18-32)38(53)30-12-7-5-8-13-30)37-33(28-29(2)40(55)47-24-26-59-27-25-47)41(56)48(42(37)57)23-10-6-9-14-36(52)60-49-34(50)19-20-35(49)51;/h5,7-8,12-13,15-18,29,33,37H,4,6,9-11,14,19-28H2,1-3H3,(H,45,54)(H,46,58);1H4. The Kier molecular flexibility index (Phi) is 17.4. The van der Waals surface area contributed by atoms with Crippen LogP contribution in [-0.2, 0) is 43.1 Å². The van der Waals surface area contributed by atoms with Crippen LogP contribution >= 0.6 is 0 Å². The molecule has 330 valence electrons. The number of carbonyl (C=O) groups excluding carboxylic acids is 9. The van der Waals surface area contributed by atoms with Crippen LogP contribution in [0.5, 0.6) is 0 Å². The quantitative estimate of drug-likeness (QED) is 0.111. The zero-order valence-corrected chi connectivity index (χ0v) is 34.6. The first kappa shape index (κ1) is 47.9. The van der Waals surface area contributed by atoms with Gasteiger partial charge in [-0.25, -0.2) is 4.79 Å². The van der Waals surface area contributed by atoms with E-state index in [4.69, 9.17) is 9.57 Å². The summed E-state index contributed by atoms with van der Waals surface area (Å²) in [5, 5.41) is 6.23. The number of nitrogens with one attached hydrogen (secondary N) is 2. The molecule has 3 heterocycles. The average molecular weight is 846 g/mol. The fourth-order valence-corrected chi connectivity index (χ4v) is 7.91. The number of unbranched alkanes of at least 4 members (excludes halogenated alkanes) is 2. The highest BCUT2D eigenvalue weighted by atomic mass is 16.7. The molecule has 0 spiro atoms. The maximum Gasteiger partial charge on any atom is 0.333 e. The van der Waals surface area contributed by atoms with Gasteiger partial charge < -0.3 is 25.1 Å². The lowest BCUT2D eigenvalue weighted by Crippen LogP contribution is -2.49. The minimum atomic E-state index is -1.32. The molecule has 2 aromatic carbocycles. The zero-order chi connectivity index (χ0) is 43.4. The summed E-state index contributed by atoms with van der Waals surface area (Å²) >= 11 is 0. The van der Waals surface area contributed by atoms with Gasteiger partial charge in [-0.15, -0.1) is 5.06 Å². The number of amides is 7. The Balaban J connectivity index is 0.00000819. The van der Waals surface area contributed by atoms with E-state index in [1.807, 2.05) is 6.07 Å². The third-order valence-corrected chi connectivity index (χ3v) is 11.6. The Labute approximate surface area is 357 Å². The molecule has 0 radical (unpaired) electrons. The summed E-state index contributed by atoms with van der Waals surface area (Å²) in [6, 6.07) is 15.2. The van der Waals surface area contributed by atoms with Crippen molar-refractivity contribution in [3.8, 4) is 0 Å². The van der Waals surface area contributed by atoms with Gasteiger partial charge in [0.05, 0.1) is 30.5 Å². The van der Waals surface area contributed by atoms with Gasteiger partial charge in [-0.05, 0) is 51.2 Å². The first-order valence-corrected chi connectivity index (χ1v) is 20.8. The lowest BCUT2D eigenvalue weighted by atomic mass is 9.67. The highest BCUT2D eigenvalue weighted by molar-refractivity contribution is 6.10. The van der Waals surface area contributed by atoms with Crippen LogP contribution in [0.1, 0.15) is 112 Å². The highest BCUT2D eigenvalue weighted by Crippen LogP contribution is 2.45. The third kappa shape index (κ3) is 11.7. The van der Waals surface area contributed by atoms with Gasteiger partial charge in [0.2, 0.25) is 23.6 Å². The molecule has 4 atom stereocenters. The van der Waals surface area contributed by atoms with E-state index in [9.17, 15) is 43.2 Å². The predicted molar refractivity (Wildman–Crippen MR) is 222 cm³/mol. The number of hydrogen-bond acceptors (Lipinski definition) is 11. The normalized spacial score (nSPS) is 19.2. The summed E-state index contributed by atoms with van der Waals surface area (Å²) in [6.07, 6.45) is 1.67. The molecule has 0 bridgehead atoms. The molecule has 0 aliphatic carbocycles. The summed E-state index contributed by atoms with van der Waals surface area (Å²) in [5.74, 6) is -6.48. The summed E-state index contributed by atoms with van der Waals surface area (Å²) < 4.78 is 5.39. The third-order valence-electron chi connectivity index (χ3n) is 11.6. The molecule has 16 heteroatoms. The zero-order valence-electron chi connectivity index (χ0n) is 34.6. The van der Waals surface area contributed by atoms with Crippen LogP contribution < -0.4 is 10.6 Å². The van der Waals surface area contributed by atoms with Gasteiger partial charge >= 0.3 is 5.97 Å². The smallest absolute Gasteiger partial charge is 0.333 e. The van der Waals surface area contributed by atoms with E-state index < -0.39 is 58.7 Å². The Morgan fingerprint density at radius 1 is 0.803 bits per heavy atom. The van der Waals surface area contributed by atoms with Crippen LogP contribution in [0.25, 0.3) is 0 Å². The number of ketones is 1. The first-order chi connectivity index (χ1) is 28.8. The molecule has 2 aromatic rings. The van der Waals surface area contributed by atoms with E-state index in [2.05, 4.69) is 10.6 Å². The van der Waals surface area contributed by atoms with Crippen molar-refractivity contribution < 1.29 is 52.7 Å². The Morgan fingerprint density at radius 2 is 1.41 bits per heavy atom. The van der Waals surface area contributed by atoms with Crippen LogP contribution in [0.4, 0.5) is 0 Å². The van der Waals surface area contributed by atoms with Gasteiger partial charge in [-0.3, -0.25) is 43.3 Å². The van der Waals surface area contributed by atoms with E-state index in [0.29, 0.717) is 73.7 Å². The molecule has 0 aromatic heterocycles. The summed E-state index contributed by atoms with van der Waals surface area (Å²) in [7, 11) is 0. The first-order valence-electron chi connectivity index (χ1n) is 20.8. The number of ether oxygens (including phenoxy) is 1. The van der Waals surface area contributed by atoms with E-state index in [0.717, 1.165) is 0 Å². The maximum atomic E-state index is 14.2. The van der Waals surface area contributed by atoms with E-state index in [1.54, 1.807) is 74.2 Å². The number of likely N-dealkylation sites (tertiary alicyclic amines) is 1. The molecular weight excluding hydrogens is 787 g/mol. The molecule has 3 aliphatic heterocycles. The Bertz CT molecular complexity index is 1920. The molecule has 3 aliphatic rings. The van der Waals surface area contributed by atoms with Crippen molar-refractivity contribution in [2.24, 2.45) is 23.2 Å². The van der Waals surface area contributed by atoms with Crippen LogP contribution in [0.2, 0.25) is 0 Å². The van der Waals surface area contributed by atoms with Crippen LogP contribution in [0.3, 0.4) is 0 Å². The van der Waals surface area contributed by atoms with E-state index in [1.165, 1.54) is 4.90 Å². The van der Waals surface area contributed by atoms with Crippen molar-refractivity contribution in [3.63, 3.8) is 0 Å². The fourth-order valence-electron chi connectivity index (χ4n) is 7.91. The van der Waals surface area contributed by atoms with Gasteiger partial charge in [0.1, 0.15) is 0 Å². The van der Waals surface area contributed by atoms with Crippen molar-refractivity contribution in [2.45, 2.75) is 86.0 Å². The van der Waals surface area contributed by atoms with Crippen LogP contribution in [0, 0.1) is 23.2 Å². The lowest BCUT2D eigenvalue weighted by Gasteiger charge is -2.35. The monoisotopic (exact) mass is 845 g/mol. The highest BCUT2D eigenvalue weighted by Gasteiger charge is 2.57. The molecule has 0 saturated carbocycles. The lowest BCUT2D eigenvalue weighted by molar-refractivity contribution is -0.197. The number of nitrogens with zero attached hydrogens (tertiary/aromatic N) is 3. The molecule has 2 N–H and O–H groups in total. The van der Waals surface area contributed by atoms with Gasteiger partial charge in [0.15, 0.2) is 5.78 Å². The summed E-state index contributed by atoms with van der Waals surface area (Å²) in [4.78, 5) is 125. The number of carbonyl (C=O) groups is 9. The fraction of sp³-hybridized carbons (Fsp3) is 0.533. The topological polar surface area (TPSA) is 206 Å². The molecule has 3 saturated heterocycles. The largest absolute Gasteiger partial charge is 0.378 e. The molecule has 61 heavy (non-hydrogen) atoms. The second-order valence-electron chi connectivity index (χ2n) is 15.8. The molecule has 16 nitrogen and oxygen atoms in total. The van der Waals surface area contributed by atoms with Crippen LogP contribution in [0.15, 0.2) is 54.6 Å². The van der Waals surface area contributed by atoms with Gasteiger partial charge in [0, 0.05) is 74.6 Å². The van der Waals surface area contributed by atoms with Crippen molar-refractivity contribution in [1.82, 2.24) is 25.5 Å². The molecule has 5 rings (SSSR count). The van der Waals surface area contributed by atoms with Gasteiger partial charge in [0.25, 0.3) is 17.7 Å². The van der Waals surface area contributed by atoms with Crippen molar-refractivity contribution >= 4 is 53.1 Å². The van der Waals surface area contributed by atoms with Gasteiger partial charge in [-0.2, -0.15) is 0 Å². The number of rotatable bonds is 20. The minimum absolute atomic E-state index is 0. The predicted octanol–water partition coefficient (Wildman–Crippen LogP) is 3.86. The molecule has 3 fully saturated rings. The number of imide groups is 2.